The van der Waals surface area contributed by atoms with Gasteiger partial charge in [-0.05, 0) is 37.3 Å². The van der Waals surface area contributed by atoms with Crippen molar-refractivity contribution < 1.29 is 9.53 Å². The number of nitriles is 1. The number of amides is 1. The van der Waals surface area contributed by atoms with Gasteiger partial charge in [0.1, 0.15) is 6.07 Å². The summed E-state index contributed by atoms with van der Waals surface area (Å²) in [4.78, 5) is 30.1. The number of para-hydroxylation sites is 1. The van der Waals surface area contributed by atoms with Crippen LogP contribution in [0.3, 0.4) is 0 Å². The average Bonchev–Trinajstić information content (AvgIpc) is 2.72. The summed E-state index contributed by atoms with van der Waals surface area (Å²) in [6, 6.07) is 13.5. The average molecular weight is 443 g/mol. The number of carbonyl (C=O) groups excluding carboxylic acids is 1. The summed E-state index contributed by atoms with van der Waals surface area (Å²) in [5.41, 5.74) is 1.03. The van der Waals surface area contributed by atoms with Crippen molar-refractivity contribution in [2.75, 3.05) is 24.8 Å². The Bertz CT molecular complexity index is 1190. The molecule has 0 saturated carbocycles. The van der Waals surface area contributed by atoms with Gasteiger partial charge in [-0.2, -0.15) is 5.26 Å². The Morgan fingerprint density at radius 2 is 2.13 bits per heavy atom. The van der Waals surface area contributed by atoms with E-state index < -0.39 is 0 Å². The number of halogens is 1. The minimum atomic E-state index is -0.341. The molecule has 1 N–H and O–H groups in total. The second kappa shape index (κ2) is 9.76. The molecule has 3 aromatic rings. The molecule has 0 bridgehead atoms. The first-order valence-electron chi connectivity index (χ1n) is 9.07. The van der Waals surface area contributed by atoms with Gasteiger partial charge in [0.2, 0.25) is 5.91 Å². The Kier molecular flexibility index (Phi) is 7.11. The predicted octanol–water partition coefficient (Wildman–Crippen LogP) is 3.86. The largest absolute Gasteiger partial charge is 0.383 e. The molecule has 2 aromatic carbocycles. The van der Waals surface area contributed by atoms with E-state index in [1.165, 1.54) is 6.07 Å². The molecule has 0 aliphatic heterocycles. The normalized spacial score (nSPS) is 11.8. The van der Waals surface area contributed by atoms with Crippen LogP contribution in [0.4, 0.5) is 5.69 Å². The van der Waals surface area contributed by atoms with Gasteiger partial charge in [-0.3, -0.25) is 14.2 Å². The molecule has 3 rings (SSSR count). The summed E-state index contributed by atoms with van der Waals surface area (Å²) in [6.07, 6.45) is 0. The van der Waals surface area contributed by atoms with Crippen molar-refractivity contribution in [1.29, 1.82) is 5.26 Å². The van der Waals surface area contributed by atoms with E-state index in [0.717, 1.165) is 11.8 Å². The molecule has 0 radical (unpaired) electrons. The lowest BCUT2D eigenvalue weighted by atomic mass is 10.2. The summed E-state index contributed by atoms with van der Waals surface area (Å²) in [7, 11) is 1.56. The standard InChI is InChI=1S/C21H19ClN4O3S/c1-13(11-29-2)26-20(28)16-5-3-4-6-17(16)25-21(26)30-12-19(27)24-18-9-15(22)8-7-14(18)10-23/h3-9,13H,11-12H2,1-2H3,(H,24,27)/t13-/m1/s1. The Morgan fingerprint density at radius 3 is 2.87 bits per heavy atom. The van der Waals surface area contributed by atoms with E-state index in [1.54, 1.807) is 48.1 Å². The summed E-state index contributed by atoms with van der Waals surface area (Å²) >= 11 is 7.11. The Labute approximate surface area is 182 Å². The number of benzene rings is 2. The molecular weight excluding hydrogens is 424 g/mol. The molecule has 0 saturated heterocycles. The smallest absolute Gasteiger partial charge is 0.262 e. The molecular formula is C21H19ClN4O3S. The highest BCUT2D eigenvalue weighted by atomic mass is 35.5. The molecule has 0 fully saturated rings. The number of thioether (sulfide) groups is 1. The summed E-state index contributed by atoms with van der Waals surface area (Å²) in [6.45, 7) is 2.18. The first-order valence-corrected chi connectivity index (χ1v) is 10.4. The van der Waals surface area contributed by atoms with Gasteiger partial charge >= 0.3 is 0 Å². The molecule has 1 amide bonds. The number of aromatic nitrogens is 2. The van der Waals surface area contributed by atoms with E-state index in [2.05, 4.69) is 10.3 Å². The molecule has 7 nitrogen and oxygen atoms in total. The number of methoxy groups -OCH3 is 1. The van der Waals surface area contributed by atoms with Gasteiger partial charge in [0.25, 0.3) is 5.56 Å². The topological polar surface area (TPSA) is 97.0 Å². The number of anilines is 1. The monoisotopic (exact) mass is 442 g/mol. The minimum Gasteiger partial charge on any atom is -0.383 e. The maximum Gasteiger partial charge on any atom is 0.262 e. The van der Waals surface area contributed by atoms with Crippen molar-refractivity contribution in [3.8, 4) is 6.07 Å². The van der Waals surface area contributed by atoms with Crippen LogP contribution in [0.5, 0.6) is 0 Å². The SMILES string of the molecule is COC[C@@H](C)n1c(SCC(=O)Nc2cc(Cl)ccc2C#N)nc2ccccc2c1=O. The van der Waals surface area contributed by atoms with Gasteiger partial charge in [-0.15, -0.1) is 0 Å². The number of rotatable bonds is 7. The van der Waals surface area contributed by atoms with Gasteiger partial charge in [0.15, 0.2) is 5.16 Å². The Hall–Kier alpha value is -2.86. The maximum atomic E-state index is 13.0. The molecule has 30 heavy (non-hydrogen) atoms. The van der Waals surface area contributed by atoms with Crippen LogP contribution in [0.2, 0.25) is 5.02 Å². The predicted molar refractivity (Wildman–Crippen MR) is 118 cm³/mol. The highest BCUT2D eigenvalue weighted by Gasteiger charge is 2.18. The van der Waals surface area contributed by atoms with Crippen molar-refractivity contribution in [1.82, 2.24) is 9.55 Å². The third-order valence-corrected chi connectivity index (χ3v) is 5.52. The zero-order chi connectivity index (χ0) is 21.7. The molecule has 1 atom stereocenters. The van der Waals surface area contributed by atoms with Gasteiger partial charge in [0, 0.05) is 12.1 Å². The van der Waals surface area contributed by atoms with Crippen LogP contribution in [0.25, 0.3) is 10.9 Å². The van der Waals surface area contributed by atoms with Crippen LogP contribution in [-0.2, 0) is 9.53 Å². The van der Waals surface area contributed by atoms with Crippen molar-refractivity contribution in [3.05, 3.63) is 63.4 Å². The van der Waals surface area contributed by atoms with Crippen molar-refractivity contribution in [2.24, 2.45) is 0 Å². The third kappa shape index (κ3) is 4.82. The Balaban J connectivity index is 1.87. The summed E-state index contributed by atoms with van der Waals surface area (Å²) < 4.78 is 6.75. The molecule has 0 unspecified atom stereocenters. The van der Waals surface area contributed by atoms with E-state index in [0.29, 0.717) is 38.9 Å². The van der Waals surface area contributed by atoms with Crippen LogP contribution in [0.15, 0.2) is 52.4 Å². The van der Waals surface area contributed by atoms with E-state index in [4.69, 9.17) is 16.3 Å². The van der Waals surface area contributed by atoms with E-state index in [9.17, 15) is 14.9 Å². The van der Waals surface area contributed by atoms with Crippen LogP contribution < -0.4 is 10.9 Å². The number of hydrogen-bond acceptors (Lipinski definition) is 6. The van der Waals surface area contributed by atoms with Gasteiger partial charge < -0.3 is 10.1 Å². The quantitative estimate of drug-likeness (QED) is 0.440. The highest BCUT2D eigenvalue weighted by molar-refractivity contribution is 7.99. The highest BCUT2D eigenvalue weighted by Crippen LogP contribution is 2.23. The number of fused-ring (bicyclic) bond motifs is 1. The summed E-state index contributed by atoms with van der Waals surface area (Å²) in [5, 5.41) is 13.2. The lowest BCUT2D eigenvalue weighted by Crippen LogP contribution is -2.29. The van der Waals surface area contributed by atoms with E-state index in [-0.39, 0.29) is 23.3 Å². The van der Waals surface area contributed by atoms with Crippen LogP contribution >= 0.6 is 23.4 Å². The van der Waals surface area contributed by atoms with Crippen molar-refractivity contribution in [2.45, 2.75) is 18.1 Å². The zero-order valence-corrected chi connectivity index (χ0v) is 18.0. The second-order valence-corrected chi connectivity index (χ2v) is 7.91. The fourth-order valence-corrected chi connectivity index (χ4v) is 4.03. The number of nitrogens with zero attached hydrogens (tertiary/aromatic N) is 3. The lowest BCUT2D eigenvalue weighted by molar-refractivity contribution is -0.113. The molecule has 1 heterocycles. The number of nitrogens with one attached hydrogen (secondary N) is 1. The first kappa shape index (κ1) is 21.8. The summed E-state index contributed by atoms with van der Waals surface area (Å²) in [5.74, 6) is -0.339. The Morgan fingerprint density at radius 1 is 1.37 bits per heavy atom. The second-order valence-electron chi connectivity index (χ2n) is 6.53. The first-order chi connectivity index (χ1) is 14.4. The molecule has 0 aliphatic rings. The van der Waals surface area contributed by atoms with Crippen molar-refractivity contribution >= 4 is 45.9 Å². The fourth-order valence-electron chi connectivity index (χ4n) is 2.97. The molecule has 154 valence electrons. The number of hydrogen-bond donors (Lipinski definition) is 1. The van der Waals surface area contributed by atoms with Gasteiger partial charge in [-0.1, -0.05) is 35.5 Å². The lowest BCUT2D eigenvalue weighted by Gasteiger charge is -2.18. The van der Waals surface area contributed by atoms with Crippen LogP contribution in [-0.4, -0.2) is 34.9 Å². The molecule has 0 aliphatic carbocycles. The van der Waals surface area contributed by atoms with Crippen LogP contribution in [0, 0.1) is 11.3 Å². The third-order valence-electron chi connectivity index (χ3n) is 4.33. The molecule has 1 aromatic heterocycles. The minimum absolute atomic E-state index is 0.00185. The van der Waals surface area contributed by atoms with E-state index in [1.807, 2.05) is 13.0 Å². The molecule has 0 spiro atoms. The fraction of sp³-hybridized carbons (Fsp3) is 0.238. The van der Waals surface area contributed by atoms with Gasteiger partial charge in [0.05, 0.1) is 40.6 Å². The van der Waals surface area contributed by atoms with Gasteiger partial charge in [-0.25, -0.2) is 4.98 Å². The van der Waals surface area contributed by atoms with Crippen LogP contribution in [0.1, 0.15) is 18.5 Å². The number of ether oxygens (including phenoxy) is 1. The van der Waals surface area contributed by atoms with Crippen molar-refractivity contribution in [3.63, 3.8) is 0 Å². The maximum absolute atomic E-state index is 13.0. The molecule has 9 heteroatoms. The zero-order valence-electron chi connectivity index (χ0n) is 16.4. The van der Waals surface area contributed by atoms with E-state index >= 15 is 0 Å². The number of carbonyl (C=O) groups is 1.